The number of carbonyl (C=O) groups is 1. The van der Waals surface area contributed by atoms with Crippen LogP contribution in [0.25, 0.3) is 0 Å². The van der Waals surface area contributed by atoms with Crippen LogP contribution in [-0.4, -0.2) is 45.5 Å². The smallest absolute Gasteiger partial charge is 0.260 e. The topological polar surface area (TPSA) is 60.2 Å². The molecule has 1 saturated carbocycles. The molecular formula is C20H26N4O2. The van der Waals surface area contributed by atoms with Crippen molar-refractivity contribution in [2.75, 3.05) is 19.7 Å². The predicted octanol–water partition coefficient (Wildman–Crippen LogP) is 3.13. The molecule has 0 bridgehead atoms. The number of rotatable bonds is 6. The zero-order valence-corrected chi connectivity index (χ0v) is 15.5. The van der Waals surface area contributed by atoms with E-state index in [-0.39, 0.29) is 18.6 Å². The lowest BCUT2D eigenvalue weighted by molar-refractivity contribution is -0.132. The quantitative estimate of drug-likeness (QED) is 0.800. The molecule has 26 heavy (non-hydrogen) atoms. The first kappa shape index (κ1) is 17.1. The molecule has 1 aliphatic carbocycles. The molecule has 1 aromatic heterocycles. The van der Waals surface area contributed by atoms with Crippen molar-refractivity contribution in [3.63, 3.8) is 0 Å². The van der Waals surface area contributed by atoms with Crippen molar-refractivity contribution < 1.29 is 9.53 Å². The summed E-state index contributed by atoms with van der Waals surface area (Å²) in [4.78, 5) is 14.3. The summed E-state index contributed by atoms with van der Waals surface area (Å²) in [7, 11) is 0. The van der Waals surface area contributed by atoms with E-state index in [1.54, 1.807) is 0 Å². The maximum absolute atomic E-state index is 12.4. The normalized spacial score (nSPS) is 20.0. The van der Waals surface area contributed by atoms with E-state index in [9.17, 15) is 4.79 Å². The molecule has 1 saturated heterocycles. The van der Waals surface area contributed by atoms with Crippen LogP contribution in [0.3, 0.4) is 0 Å². The van der Waals surface area contributed by atoms with Crippen molar-refractivity contribution in [3.05, 3.63) is 41.7 Å². The second-order valence-electron chi connectivity index (χ2n) is 7.69. The third kappa shape index (κ3) is 3.74. The van der Waals surface area contributed by atoms with E-state index in [2.05, 4.69) is 42.5 Å². The fourth-order valence-electron chi connectivity index (χ4n) is 3.40. The summed E-state index contributed by atoms with van der Waals surface area (Å²) in [5, 5.41) is 8.54. The second-order valence-corrected chi connectivity index (χ2v) is 7.69. The Bertz CT molecular complexity index is 764. The standard InChI is InChI=1S/C20H26N4O2/c1-14(2)15-5-7-18(8-6-15)26-13-20(25)23-10-9-17(11-23)24-12-19(21-22-24)16-3-4-16/h5-8,12,14,16-17H,3-4,9-11,13H2,1-2H3. The van der Waals surface area contributed by atoms with Crippen LogP contribution in [0.15, 0.2) is 30.5 Å². The monoisotopic (exact) mass is 354 g/mol. The van der Waals surface area contributed by atoms with Crippen LogP contribution < -0.4 is 4.74 Å². The van der Waals surface area contributed by atoms with E-state index < -0.39 is 0 Å². The van der Waals surface area contributed by atoms with Crippen LogP contribution in [0, 0.1) is 0 Å². The molecular weight excluding hydrogens is 328 g/mol. The molecule has 0 radical (unpaired) electrons. The Morgan fingerprint density at radius 3 is 2.69 bits per heavy atom. The molecule has 2 aromatic rings. The van der Waals surface area contributed by atoms with Crippen molar-refractivity contribution in [1.29, 1.82) is 0 Å². The first-order chi connectivity index (χ1) is 12.6. The Morgan fingerprint density at radius 2 is 2.00 bits per heavy atom. The van der Waals surface area contributed by atoms with E-state index in [4.69, 9.17) is 4.74 Å². The Balaban J connectivity index is 1.28. The van der Waals surface area contributed by atoms with E-state index in [0.29, 0.717) is 18.4 Å². The third-order valence-electron chi connectivity index (χ3n) is 5.32. The molecule has 1 atom stereocenters. The van der Waals surface area contributed by atoms with Crippen molar-refractivity contribution in [2.45, 2.75) is 51.0 Å². The Kier molecular flexibility index (Phi) is 4.66. The van der Waals surface area contributed by atoms with Gasteiger partial charge in [0, 0.05) is 25.2 Å². The highest BCUT2D eigenvalue weighted by Gasteiger charge is 2.31. The summed E-state index contributed by atoms with van der Waals surface area (Å²) in [6.07, 6.45) is 5.43. The van der Waals surface area contributed by atoms with Gasteiger partial charge in [0.25, 0.3) is 5.91 Å². The molecule has 1 aliphatic heterocycles. The van der Waals surface area contributed by atoms with Gasteiger partial charge in [0.15, 0.2) is 6.61 Å². The first-order valence-corrected chi connectivity index (χ1v) is 9.52. The number of hydrogen-bond acceptors (Lipinski definition) is 4. The van der Waals surface area contributed by atoms with Gasteiger partial charge in [0.1, 0.15) is 5.75 Å². The molecule has 4 rings (SSSR count). The van der Waals surface area contributed by atoms with Crippen LogP contribution >= 0.6 is 0 Å². The van der Waals surface area contributed by atoms with Crippen LogP contribution in [-0.2, 0) is 4.79 Å². The maximum atomic E-state index is 12.4. The molecule has 2 aliphatic rings. The van der Waals surface area contributed by atoms with Gasteiger partial charge in [-0.1, -0.05) is 31.2 Å². The number of ether oxygens (including phenoxy) is 1. The van der Waals surface area contributed by atoms with Gasteiger partial charge in [-0.05, 0) is 42.9 Å². The van der Waals surface area contributed by atoms with E-state index in [1.165, 1.54) is 18.4 Å². The summed E-state index contributed by atoms with van der Waals surface area (Å²) < 4.78 is 7.61. The van der Waals surface area contributed by atoms with E-state index >= 15 is 0 Å². The molecule has 0 N–H and O–H groups in total. The van der Waals surface area contributed by atoms with E-state index in [0.717, 1.165) is 24.4 Å². The number of amides is 1. The van der Waals surface area contributed by atoms with Gasteiger partial charge in [-0.2, -0.15) is 0 Å². The van der Waals surface area contributed by atoms with Gasteiger partial charge >= 0.3 is 0 Å². The SMILES string of the molecule is CC(C)c1ccc(OCC(=O)N2CCC(n3cc(C4CC4)nn3)C2)cc1. The number of benzene rings is 1. The number of carbonyl (C=O) groups excluding carboxylic acids is 1. The molecule has 6 nitrogen and oxygen atoms in total. The highest BCUT2D eigenvalue weighted by atomic mass is 16.5. The average Bonchev–Trinajstić information content (AvgIpc) is 3.18. The minimum absolute atomic E-state index is 0.0305. The van der Waals surface area contributed by atoms with Crippen LogP contribution in [0.2, 0.25) is 0 Å². The predicted molar refractivity (Wildman–Crippen MR) is 98.3 cm³/mol. The van der Waals surface area contributed by atoms with Crippen molar-refractivity contribution in [3.8, 4) is 5.75 Å². The van der Waals surface area contributed by atoms with Gasteiger partial charge in [-0.3, -0.25) is 4.79 Å². The summed E-state index contributed by atoms with van der Waals surface area (Å²) in [5.74, 6) is 1.87. The van der Waals surface area contributed by atoms with Gasteiger partial charge in [0.05, 0.1) is 11.7 Å². The van der Waals surface area contributed by atoms with Gasteiger partial charge < -0.3 is 9.64 Å². The molecule has 6 heteroatoms. The van der Waals surface area contributed by atoms with Crippen LogP contribution in [0.5, 0.6) is 5.75 Å². The fourth-order valence-corrected chi connectivity index (χ4v) is 3.40. The molecule has 1 amide bonds. The number of hydrogen-bond donors (Lipinski definition) is 0. The molecule has 1 aromatic carbocycles. The second kappa shape index (κ2) is 7.09. The number of likely N-dealkylation sites (tertiary alicyclic amines) is 1. The van der Waals surface area contributed by atoms with Gasteiger partial charge in [-0.15, -0.1) is 5.10 Å². The summed E-state index contributed by atoms with van der Waals surface area (Å²) in [6.45, 7) is 5.83. The van der Waals surface area contributed by atoms with Crippen LogP contribution in [0.4, 0.5) is 0 Å². The highest BCUT2D eigenvalue weighted by molar-refractivity contribution is 5.78. The fraction of sp³-hybridized carbons (Fsp3) is 0.550. The van der Waals surface area contributed by atoms with Gasteiger partial charge in [0.2, 0.25) is 0 Å². The Morgan fingerprint density at radius 1 is 1.23 bits per heavy atom. The average molecular weight is 354 g/mol. The van der Waals surface area contributed by atoms with Crippen molar-refractivity contribution in [1.82, 2.24) is 19.9 Å². The van der Waals surface area contributed by atoms with E-state index in [1.807, 2.05) is 21.7 Å². The lowest BCUT2D eigenvalue weighted by atomic mass is 10.0. The molecule has 2 fully saturated rings. The third-order valence-corrected chi connectivity index (χ3v) is 5.32. The molecule has 0 spiro atoms. The zero-order chi connectivity index (χ0) is 18.1. The lowest BCUT2D eigenvalue weighted by Gasteiger charge is -2.17. The van der Waals surface area contributed by atoms with Crippen molar-refractivity contribution in [2.24, 2.45) is 0 Å². The summed E-state index contributed by atoms with van der Waals surface area (Å²) in [6, 6.07) is 8.20. The molecule has 2 heterocycles. The largest absolute Gasteiger partial charge is 0.484 e. The minimum atomic E-state index is 0.0305. The number of aromatic nitrogens is 3. The van der Waals surface area contributed by atoms with Gasteiger partial charge in [-0.25, -0.2) is 4.68 Å². The summed E-state index contributed by atoms with van der Waals surface area (Å²) >= 11 is 0. The van der Waals surface area contributed by atoms with Crippen LogP contribution in [0.1, 0.15) is 62.2 Å². The minimum Gasteiger partial charge on any atom is -0.484 e. The maximum Gasteiger partial charge on any atom is 0.260 e. The zero-order valence-electron chi connectivity index (χ0n) is 15.5. The number of nitrogens with zero attached hydrogens (tertiary/aromatic N) is 4. The highest BCUT2D eigenvalue weighted by Crippen LogP contribution is 2.39. The first-order valence-electron chi connectivity index (χ1n) is 9.52. The van der Waals surface area contributed by atoms with Crippen molar-refractivity contribution >= 4 is 5.91 Å². The molecule has 1 unspecified atom stereocenters. The Labute approximate surface area is 154 Å². The molecule has 138 valence electrons. The Hall–Kier alpha value is -2.37. The lowest BCUT2D eigenvalue weighted by Crippen LogP contribution is -2.33. The summed E-state index contributed by atoms with van der Waals surface area (Å²) in [5.41, 5.74) is 2.37.